The van der Waals surface area contributed by atoms with Crippen LogP contribution in [-0.2, 0) is 22.6 Å². The zero-order chi connectivity index (χ0) is 20.1. The monoisotopic (exact) mass is 384 g/mol. The molecule has 3 rings (SSSR count). The highest BCUT2D eigenvalue weighted by atomic mass is 19.1. The third-order valence-corrected chi connectivity index (χ3v) is 4.63. The number of carbonyl (C=O) groups excluding carboxylic acids is 2. The number of fused-ring (bicyclic) bond motifs is 1. The fourth-order valence-electron chi connectivity index (χ4n) is 3.19. The van der Waals surface area contributed by atoms with Gasteiger partial charge >= 0.3 is 0 Å². The first kappa shape index (κ1) is 19.9. The SMILES string of the molecule is CC(C)CC(=O)Nc1ccc2c(c1)CC(C(=O)NCc1ccccc1F)CO2. The minimum absolute atomic E-state index is 0.0362. The van der Waals surface area contributed by atoms with Crippen LogP contribution in [0, 0.1) is 17.7 Å². The third-order valence-electron chi connectivity index (χ3n) is 4.63. The molecule has 2 N–H and O–H groups in total. The quantitative estimate of drug-likeness (QED) is 0.798. The predicted octanol–water partition coefficient (Wildman–Crippen LogP) is 3.68. The molecule has 0 radical (unpaired) electrons. The Hall–Kier alpha value is -2.89. The molecule has 5 nitrogen and oxygen atoms in total. The summed E-state index contributed by atoms with van der Waals surface area (Å²) in [6, 6.07) is 11.8. The first-order valence-corrected chi connectivity index (χ1v) is 9.49. The van der Waals surface area contributed by atoms with Crippen molar-refractivity contribution in [2.45, 2.75) is 33.2 Å². The number of benzene rings is 2. The van der Waals surface area contributed by atoms with Crippen LogP contribution in [0.5, 0.6) is 5.75 Å². The maximum Gasteiger partial charge on any atom is 0.227 e. The summed E-state index contributed by atoms with van der Waals surface area (Å²) >= 11 is 0. The summed E-state index contributed by atoms with van der Waals surface area (Å²) in [5, 5.41) is 5.66. The van der Waals surface area contributed by atoms with E-state index in [1.165, 1.54) is 6.07 Å². The van der Waals surface area contributed by atoms with Crippen molar-refractivity contribution in [1.82, 2.24) is 5.32 Å². The van der Waals surface area contributed by atoms with Gasteiger partial charge in [-0.25, -0.2) is 4.39 Å². The molecule has 1 atom stereocenters. The molecule has 28 heavy (non-hydrogen) atoms. The summed E-state index contributed by atoms with van der Waals surface area (Å²) in [5.74, 6) is 0.0909. The molecule has 1 heterocycles. The summed E-state index contributed by atoms with van der Waals surface area (Å²) in [6.45, 7) is 4.39. The standard InChI is InChI=1S/C22H25FN2O3/c1-14(2)9-21(26)25-18-7-8-20-16(11-18)10-17(13-28-20)22(27)24-12-15-5-3-4-6-19(15)23/h3-8,11,14,17H,9-10,12-13H2,1-2H3,(H,24,27)(H,25,26). The highest BCUT2D eigenvalue weighted by Crippen LogP contribution is 2.30. The summed E-state index contributed by atoms with van der Waals surface area (Å²) in [7, 11) is 0. The number of halogens is 1. The van der Waals surface area contributed by atoms with E-state index in [2.05, 4.69) is 10.6 Å². The summed E-state index contributed by atoms with van der Waals surface area (Å²) < 4.78 is 19.4. The Labute approximate surface area is 164 Å². The zero-order valence-corrected chi connectivity index (χ0v) is 16.1. The molecular formula is C22H25FN2O3. The maximum absolute atomic E-state index is 13.7. The van der Waals surface area contributed by atoms with E-state index in [9.17, 15) is 14.0 Å². The third kappa shape index (κ3) is 5.09. The number of nitrogens with one attached hydrogen (secondary N) is 2. The van der Waals surface area contributed by atoms with E-state index in [0.29, 0.717) is 24.1 Å². The van der Waals surface area contributed by atoms with Crippen molar-refractivity contribution >= 4 is 17.5 Å². The fraction of sp³-hybridized carbons (Fsp3) is 0.364. The van der Waals surface area contributed by atoms with Crippen molar-refractivity contribution < 1.29 is 18.7 Å². The van der Waals surface area contributed by atoms with Gasteiger partial charge in [-0.05, 0) is 42.2 Å². The Morgan fingerprint density at radius 3 is 2.75 bits per heavy atom. The molecule has 148 valence electrons. The van der Waals surface area contributed by atoms with Gasteiger partial charge in [-0.1, -0.05) is 32.0 Å². The van der Waals surface area contributed by atoms with E-state index in [4.69, 9.17) is 4.74 Å². The second kappa shape index (κ2) is 8.87. The first-order valence-electron chi connectivity index (χ1n) is 9.49. The normalized spacial score (nSPS) is 15.5. The molecule has 2 aromatic carbocycles. The van der Waals surface area contributed by atoms with Gasteiger partial charge in [0.15, 0.2) is 0 Å². The van der Waals surface area contributed by atoms with Crippen LogP contribution >= 0.6 is 0 Å². The Morgan fingerprint density at radius 1 is 1.21 bits per heavy atom. The van der Waals surface area contributed by atoms with Crippen molar-refractivity contribution in [1.29, 1.82) is 0 Å². The topological polar surface area (TPSA) is 67.4 Å². The predicted molar refractivity (Wildman–Crippen MR) is 105 cm³/mol. The lowest BCUT2D eigenvalue weighted by Gasteiger charge is -2.25. The number of anilines is 1. The van der Waals surface area contributed by atoms with Crippen molar-refractivity contribution in [2.75, 3.05) is 11.9 Å². The number of rotatable bonds is 6. The summed E-state index contributed by atoms with van der Waals surface area (Å²) in [5.41, 5.74) is 2.02. The van der Waals surface area contributed by atoms with Gasteiger partial charge in [0.1, 0.15) is 18.2 Å². The van der Waals surface area contributed by atoms with Gasteiger partial charge in [0, 0.05) is 24.2 Å². The van der Waals surface area contributed by atoms with Gasteiger partial charge in [-0.2, -0.15) is 0 Å². The van der Waals surface area contributed by atoms with E-state index in [1.54, 1.807) is 24.3 Å². The van der Waals surface area contributed by atoms with E-state index in [-0.39, 0.29) is 42.6 Å². The molecular weight excluding hydrogens is 359 g/mol. The van der Waals surface area contributed by atoms with Crippen LogP contribution in [0.25, 0.3) is 0 Å². The Kier molecular flexibility index (Phi) is 6.29. The average Bonchev–Trinajstić information content (AvgIpc) is 2.66. The van der Waals surface area contributed by atoms with Crippen LogP contribution in [0.4, 0.5) is 10.1 Å². The van der Waals surface area contributed by atoms with Crippen LogP contribution in [0.2, 0.25) is 0 Å². The van der Waals surface area contributed by atoms with Crippen molar-refractivity contribution in [3.63, 3.8) is 0 Å². The number of ether oxygens (including phenoxy) is 1. The number of amides is 2. The second-order valence-corrected chi connectivity index (χ2v) is 7.49. The summed E-state index contributed by atoms with van der Waals surface area (Å²) in [4.78, 5) is 24.5. The van der Waals surface area contributed by atoms with Crippen molar-refractivity contribution in [3.05, 3.63) is 59.4 Å². The molecule has 2 aromatic rings. The zero-order valence-electron chi connectivity index (χ0n) is 16.1. The van der Waals surface area contributed by atoms with Gasteiger partial charge in [0.05, 0.1) is 5.92 Å². The lowest BCUT2D eigenvalue weighted by molar-refractivity contribution is -0.126. The molecule has 0 aromatic heterocycles. The molecule has 0 aliphatic carbocycles. The molecule has 0 saturated heterocycles. The van der Waals surface area contributed by atoms with E-state index >= 15 is 0 Å². The molecule has 0 bridgehead atoms. The maximum atomic E-state index is 13.7. The number of carbonyl (C=O) groups is 2. The van der Waals surface area contributed by atoms with Gasteiger partial charge in [-0.3, -0.25) is 9.59 Å². The van der Waals surface area contributed by atoms with Gasteiger partial charge in [-0.15, -0.1) is 0 Å². The first-order chi connectivity index (χ1) is 13.4. The highest BCUT2D eigenvalue weighted by Gasteiger charge is 2.26. The lowest BCUT2D eigenvalue weighted by Crippen LogP contribution is -2.37. The Morgan fingerprint density at radius 2 is 2.00 bits per heavy atom. The molecule has 0 saturated carbocycles. The summed E-state index contributed by atoms with van der Waals surface area (Å²) in [6.07, 6.45) is 0.959. The number of hydrogen-bond acceptors (Lipinski definition) is 3. The van der Waals surface area contributed by atoms with Crippen LogP contribution in [0.1, 0.15) is 31.4 Å². The molecule has 1 aliphatic rings. The van der Waals surface area contributed by atoms with Crippen LogP contribution in [0.3, 0.4) is 0 Å². The Bertz CT molecular complexity index is 867. The van der Waals surface area contributed by atoms with Crippen molar-refractivity contribution in [3.8, 4) is 5.75 Å². The van der Waals surface area contributed by atoms with Gasteiger partial charge in [0.2, 0.25) is 11.8 Å². The molecule has 6 heteroatoms. The van der Waals surface area contributed by atoms with Crippen LogP contribution < -0.4 is 15.4 Å². The van der Waals surface area contributed by atoms with Crippen molar-refractivity contribution in [2.24, 2.45) is 11.8 Å². The lowest BCUT2D eigenvalue weighted by atomic mass is 9.95. The van der Waals surface area contributed by atoms with Gasteiger partial charge in [0.25, 0.3) is 0 Å². The van der Waals surface area contributed by atoms with E-state index in [0.717, 1.165) is 11.3 Å². The smallest absolute Gasteiger partial charge is 0.227 e. The van der Waals surface area contributed by atoms with Crippen LogP contribution in [0.15, 0.2) is 42.5 Å². The van der Waals surface area contributed by atoms with Crippen LogP contribution in [-0.4, -0.2) is 18.4 Å². The molecule has 1 unspecified atom stereocenters. The fourth-order valence-corrected chi connectivity index (χ4v) is 3.19. The largest absolute Gasteiger partial charge is 0.492 e. The minimum atomic E-state index is -0.360. The average molecular weight is 384 g/mol. The Balaban J connectivity index is 1.61. The second-order valence-electron chi connectivity index (χ2n) is 7.49. The molecule has 1 aliphatic heterocycles. The molecule has 0 spiro atoms. The van der Waals surface area contributed by atoms with E-state index < -0.39 is 0 Å². The van der Waals surface area contributed by atoms with Gasteiger partial charge < -0.3 is 15.4 Å². The minimum Gasteiger partial charge on any atom is -0.492 e. The molecule has 0 fully saturated rings. The molecule has 2 amide bonds. The van der Waals surface area contributed by atoms with E-state index in [1.807, 2.05) is 26.0 Å². The highest BCUT2D eigenvalue weighted by molar-refractivity contribution is 5.91. The number of hydrogen-bond donors (Lipinski definition) is 2.